The van der Waals surface area contributed by atoms with Crippen LogP contribution in [0.2, 0.25) is 0 Å². The molecule has 3 nitrogen and oxygen atoms in total. The van der Waals surface area contributed by atoms with Crippen LogP contribution in [0.25, 0.3) is 10.9 Å². The Labute approximate surface area is 101 Å². The molecule has 0 aliphatic rings. The molecule has 90 valence electrons. The standard InChI is InChI=1S/C14H17NO2/c1-4-12-11(8-14(16)17-3)10-7-9(2)5-6-13(10)15-12/h5-7,15H,4,8H2,1-3H3. The average molecular weight is 231 g/mol. The molecular weight excluding hydrogens is 214 g/mol. The maximum Gasteiger partial charge on any atom is 0.310 e. The summed E-state index contributed by atoms with van der Waals surface area (Å²) in [6.07, 6.45) is 1.23. The maximum atomic E-state index is 11.4. The minimum Gasteiger partial charge on any atom is -0.469 e. The summed E-state index contributed by atoms with van der Waals surface area (Å²) in [4.78, 5) is 14.8. The molecule has 3 heteroatoms. The summed E-state index contributed by atoms with van der Waals surface area (Å²) in [5.74, 6) is -0.192. The van der Waals surface area contributed by atoms with Crippen LogP contribution in [-0.4, -0.2) is 18.1 Å². The topological polar surface area (TPSA) is 42.1 Å². The van der Waals surface area contributed by atoms with Crippen LogP contribution in [0.4, 0.5) is 0 Å². The van der Waals surface area contributed by atoms with Crippen molar-refractivity contribution in [1.29, 1.82) is 0 Å². The van der Waals surface area contributed by atoms with E-state index in [0.717, 1.165) is 28.6 Å². The second kappa shape index (κ2) is 4.62. The number of benzene rings is 1. The molecule has 0 saturated heterocycles. The number of aromatic nitrogens is 1. The molecule has 0 unspecified atom stereocenters. The van der Waals surface area contributed by atoms with Crippen molar-refractivity contribution in [1.82, 2.24) is 4.98 Å². The highest BCUT2D eigenvalue weighted by Gasteiger charge is 2.13. The van der Waals surface area contributed by atoms with E-state index >= 15 is 0 Å². The van der Waals surface area contributed by atoms with Gasteiger partial charge in [-0.3, -0.25) is 4.79 Å². The molecule has 1 N–H and O–H groups in total. The van der Waals surface area contributed by atoms with Gasteiger partial charge in [0, 0.05) is 16.6 Å². The van der Waals surface area contributed by atoms with E-state index in [1.807, 2.05) is 0 Å². The Hall–Kier alpha value is -1.77. The second-order valence-corrected chi connectivity index (χ2v) is 4.24. The lowest BCUT2D eigenvalue weighted by Gasteiger charge is -2.02. The Balaban J connectivity index is 2.56. The van der Waals surface area contributed by atoms with Crippen LogP contribution in [-0.2, 0) is 22.4 Å². The molecule has 0 bridgehead atoms. The largest absolute Gasteiger partial charge is 0.469 e. The molecular formula is C14H17NO2. The number of aryl methyl sites for hydroxylation is 2. The third kappa shape index (κ3) is 2.18. The van der Waals surface area contributed by atoms with Crippen LogP contribution < -0.4 is 0 Å². The zero-order chi connectivity index (χ0) is 12.4. The quantitative estimate of drug-likeness (QED) is 0.825. The highest BCUT2D eigenvalue weighted by atomic mass is 16.5. The first-order valence-corrected chi connectivity index (χ1v) is 5.82. The lowest BCUT2D eigenvalue weighted by Crippen LogP contribution is -2.05. The number of carbonyl (C=O) groups excluding carboxylic acids is 1. The number of nitrogens with one attached hydrogen (secondary N) is 1. The monoisotopic (exact) mass is 231 g/mol. The number of rotatable bonds is 3. The first kappa shape index (κ1) is 11.7. The molecule has 0 radical (unpaired) electrons. The molecule has 1 aromatic heterocycles. The van der Waals surface area contributed by atoms with E-state index in [1.165, 1.54) is 12.7 Å². The SMILES string of the molecule is CCc1[nH]c2ccc(C)cc2c1CC(=O)OC. The van der Waals surface area contributed by atoms with Crippen LogP contribution in [0.3, 0.4) is 0 Å². The van der Waals surface area contributed by atoms with Crippen LogP contribution >= 0.6 is 0 Å². The molecule has 17 heavy (non-hydrogen) atoms. The number of hydrogen-bond donors (Lipinski definition) is 1. The highest BCUT2D eigenvalue weighted by Crippen LogP contribution is 2.24. The van der Waals surface area contributed by atoms with E-state index < -0.39 is 0 Å². The molecule has 1 heterocycles. The Morgan fingerprint density at radius 3 is 2.82 bits per heavy atom. The summed E-state index contributed by atoms with van der Waals surface area (Å²) in [7, 11) is 1.42. The Morgan fingerprint density at radius 2 is 2.18 bits per heavy atom. The fourth-order valence-electron chi connectivity index (χ4n) is 2.14. The number of carbonyl (C=O) groups is 1. The van der Waals surface area contributed by atoms with E-state index in [-0.39, 0.29) is 5.97 Å². The van der Waals surface area contributed by atoms with Crippen molar-refractivity contribution in [3.8, 4) is 0 Å². The molecule has 0 fully saturated rings. The molecule has 0 spiro atoms. The summed E-state index contributed by atoms with van der Waals surface area (Å²) in [5, 5.41) is 1.13. The fraction of sp³-hybridized carbons (Fsp3) is 0.357. The minimum atomic E-state index is -0.192. The molecule has 1 aromatic carbocycles. The van der Waals surface area contributed by atoms with Crippen molar-refractivity contribution < 1.29 is 9.53 Å². The predicted octanol–water partition coefficient (Wildman–Crippen LogP) is 2.75. The number of ether oxygens (including phenoxy) is 1. The number of esters is 1. The molecule has 0 atom stereocenters. The van der Waals surface area contributed by atoms with Gasteiger partial charge in [0.05, 0.1) is 13.5 Å². The average Bonchev–Trinajstić information content (AvgIpc) is 2.67. The van der Waals surface area contributed by atoms with E-state index in [2.05, 4.69) is 37.0 Å². The van der Waals surface area contributed by atoms with Crippen LogP contribution in [0.5, 0.6) is 0 Å². The normalized spacial score (nSPS) is 10.8. The van der Waals surface area contributed by atoms with Crippen molar-refractivity contribution in [2.75, 3.05) is 7.11 Å². The number of H-pyrrole nitrogens is 1. The molecule has 0 amide bonds. The Kier molecular flexibility index (Phi) is 3.18. The van der Waals surface area contributed by atoms with Crippen molar-refractivity contribution in [3.63, 3.8) is 0 Å². The van der Waals surface area contributed by atoms with Gasteiger partial charge in [-0.15, -0.1) is 0 Å². The first-order valence-electron chi connectivity index (χ1n) is 5.82. The van der Waals surface area contributed by atoms with Gasteiger partial charge >= 0.3 is 5.97 Å². The number of fused-ring (bicyclic) bond motifs is 1. The summed E-state index contributed by atoms with van der Waals surface area (Å²) < 4.78 is 4.75. The fourth-order valence-corrected chi connectivity index (χ4v) is 2.14. The van der Waals surface area contributed by atoms with Gasteiger partial charge in [0.1, 0.15) is 0 Å². The van der Waals surface area contributed by atoms with Gasteiger partial charge in [0.15, 0.2) is 0 Å². The van der Waals surface area contributed by atoms with Crippen molar-refractivity contribution in [2.45, 2.75) is 26.7 Å². The van der Waals surface area contributed by atoms with Crippen LogP contribution in [0, 0.1) is 6.92 Å². The van der Waals surface area contributed by atoms with E-state index in [1.54, 1.807) is 0 Å². The smallest absolute Gasteiger partial charge is 0.310 e. The molecule has 0 saturated carbocycles. The van der Waals surface area contributed by atoms with Gasteiger partial charge in [-0.05, 0) is 31.0 Å². The summed E-state index contributed by atoms with van der Waals surface area (Å²) >= 11 is 0. The third-order valence-corrected chi connectivity index (χ3v) is 3.05. The number of aromatic amines is 1. The molecule has 0 aliphatic carbocycles. The third-order valence-electron chi connectivity index (χ3n) is 3.05. The zero-order valence-corrected chi connectivity index (χ0v) is 10.5. The zero-order valence-electron chi connectivity index (χ0n) is 10.5. The summed E-state index contributed by atoms with van der Waals surface area (Å²) in [6.45, 7) is 4.14. The Morgan fingerprint density at radius 1 is 1.41 bits per heavy atom. The van der Waals surface area contributed by atoms with Crippen LogP contribution in [0.15, 0.2) is 18.2 Å². The first-order chi connectivity index (χ1) is 8.15. The van der Waals surface area contributed by atoms with Gasteiger partial charge in [-0.1, -0.05) is 18.6 Å². The van der Waals surface area contributed by atoms with Gasteiger partial charge in [-0.25, -0.2) is 0 Å². The van der Waals surface area contributed by atoms with E-state index in [4.69, 9.17) is 4.74 Å². The Bertz CT molecular complexity index is 555. The molecule has 2 aromatic rings. The lowest BCUT2D eigenvalue weighted by molar-refractivity contribution is -0.139. The van der Waals surface area contributed by atoms with Crippen LogP contribution in [0.1, 0.15) is 23.7 Å². The van der Waals surface area contributed by atoms with Crippen molar-refractivity contribution in [2.24, 2.45) is 0 Å². The van der Waals surface area contributed by atoms with Gasteiger partial charge in [-0.2, -0.15) is 0 Å². The van der Waals surface area contributed by atoms with Crippen molar-refractivity contribution >= 4 is 16.9 Å². The van der Waals surface area contributed by atoms with E-state index in [9.17, 15) is 4.79 Å². The summed E-state index contributed by atoms with van der Waals surface area (Å²) in [6, 6.07) is 6.24. The number of methoxy groups -OCH3 is 1. The minimum absolute atomic E-state index is 0.192. The molecule has 0 aliphatic heterocycles. The second-order valence-electron chi connectivity index (χ2n) is 4.24. The van der Waals surface area contributed by atoms with Crippen molar-refractivity contribution in [3.05, 3.63) is 35.0 Å². The lowest BCUT2D eigenvalue weighted by atomic mass is 10.0. The predicted molar refractivity (Wildman–Crippen MR) is 68.1 cm³/mol. The number of hydrogen-bond acceptors (Lipinski definition) is 2. The van der Waals surface area contributed by atoms with Gasteiger partial charge in [0.25, 0.3) is 0 Å². The highest BCUT2D eigenvalue weighted by molar-refractivity contribution is 5.89. The van der Waals surface area contributed by atoms with Gasteiger partial charge < -0.3 is 9.72 Å². The maximum absolute atomic E-state index is 11.4. The molecule has 2 rings (SSSR count). The van der Waals surface area contributed by atoms with Gasteiger partial charge in [0.2, 0.25) is 0 Å². The van der Waals surface area contributed by atoms with E-state index in [0.29, 0.717) is 6.42 Å². The summed E-state index contributed by atoms with van der Waals surface area (Å²) in [5.41, 5.74) is 4.48.